The van der Waals surface area contributed by atoms with Crippen molar-refractivity contribution in [1.29, 1.82) is 0 Å². The van der Waals surface area contributed by atoms with Crippen LogP contribution in [0, 0.1) is 11.3 Å². The van der Waals surface area contributed by atoms with Gasteiger partial charge in [-0.1, -0.05) is 19.9 Å². The van der Waals surface area contributed by atoms with Crippen molar-refractivity contribution in [2.24, 2.45) is 11.3 Å². The minimum Gasteiger partial charge on any atom is -0.293 e. The quantitative estimate of drug-likeness (QED) is 0.460. The number of benzene rings is 1. The summed E-state index contributed by atoms with van der Waals surface area (Å²) in [6, 6.07) is 5.40. The van der Waals surface area contributed by atoms with Gasteiger partial charge in [-0.05, 0) is 47.2 Å². The smallest absolute Gasteiger partial charge is 0.293 e. The van der Waals surface area contributed by atoms with Crippen LogP contribution >= 0.6 is 23.2 Å². The molecule has 2 aliphatic rings. The summed E-state index contributed by atoms with van der Waals surface area (Å²) in [4.78, 5) is 32.7. The Bertz CT molecular complexity index is 741. The van der Waals surface area contributed by atoms with E-state index in [1.54, 1.807) is 12.1 Å². The summed E-state index contributed by atoms with van der Waals surface area (Å²) in [7, 11) is 0. The lowest BCUT2D eigenvalue weighted by Crippen LogP contribution is -2.47. The van der Waals surface area contributed by atoms with Gasteiger partial charge >= 0.3 is 5.97 Å². The molecule has 128 valence electrons. The molecular formula is C18H18Cl2O4. The highest BCUT2D eigenvalue weighted by molar-refractivity contribution is 6.41. The second kappa shape index (κ2) is 6.08. The molecule has 0 radical (unpaired) electrons. The van der Waals surface area contributed by atoms with Crippen molar-refractivity contribution in [3.8, 4) is 5.75 Å². The Hall–Kier alpha value is -1.52. The van der Waals surface area contributed by atoms with Gasteiger partial charge in [-0.3, -0.25) is 14.6 Å². The van der Waals surface area contributed by atoms with Crippen LogP contribution in [0.25, 0.3) is 5.57 Å². The van der Waals surface area contributed by atoms with E-state index in [0.717, 1.165) is 16.7 Å². The van der Waals surface area contributed by atoms with Crippen molar-refractivity contribution in [3.05, 3.63) is 35.4 Å². The van der Waals surface area contributed by atoms with E-state index in [1.165, 1.54) is 6.92 Å². The number of fused-ring (bicyclic) bond motifs is 3. The number of halogens is 2. The van der Waals surface area contributed by atoms with Gasteiger partial charge in [0.15, 0.2) is 11.5 Å². The van der Waals surface area contributed by atoms with Gasteiger partial charge in [-0.2, -0.15) is 0 Å². The monoisotopic (exact) mass is 368 g/mol. The van der Waals surface area contributed by atoms with E-state index < -0.39 is 22.1 Å². The minimum absolute atomic E-state index is 0.156. The van der Waals surface area contributed by atoms with E-state index >= 15 is 0 Å². The first-order chi connectivity index (χ1) is 11.3. The molecule has 0 saturated carbocycles. The van der Waals surface area contributed by atoms with Crippen molar-refractivity contribution in [1.82, 2.24) is 0 Å². The standard InChI is InChI=1S/C18H18Cl2O4/c1-9(2)18-8-11-6-12(24-23-10(3)21)4-5-13(11)14(18)7-15(22)16(19)17(18)20/h4-7,9,16-17H,8H2,1-3H3. The number of carbonyl (C=O) groups excluding carboxylic acids is 2. The van der Waals surface area contributed by atoms with E-state index in [4.69, 9.17) is 28.1 Å². The topological polar surface area (TPSA) is 52.6 Å². The first-order valence-corrected chi connectivity index (χ1v) is 8.67. The van der Waals surface area contributed by atoms with E-state index in [2.05, 4.69) is 18.7 Å². The molecular weight excluding hydrogens is 351 g/mol. The first-order valence-electron chi connectivity index (χ1n) is 7.80. The lowest BCUT2D eigenvalue weighted by molar-refractivity contribution is -0.210. The van der Waals surface area contributed by atoms with Gasteiger partial charge in [-0.25, -0.2) is 4.79 Å². The van der Waals surface area contributed by atoms with Crippen molar-refractivity contribution < 1.29 is 19.4 Å². The summed E-state index contributed by atoms with van der Waals surface area (Å²) in [5.41, 5.74) is 2.52. The molecule has 0 bridgehead atoms. The van der Waals surface area contributed by atoms with Crippen LogP contribution in [0.3, 0.4) is 0 Å². The summed E-state index contributed by atoms with van der Waals surface area (Å²) in [6.07, 6.45) is 2.29. The number of alkyl halides is 2. The molecule has 3 unspecified atom stereocenters. The summed E-state index contributed by atoms with van der Waals surface area (Å²) in [5.74, 6) is -0.0502. The van der Waals surface area contributed by atoms with Crippen LogP contribution in [0.1, 0.15) is 31.9 Å². The number of hydrogen-bond acceptors (Lipinski definition) is 4. The molecule has 3 atom stereocenters. The van der Waals surface area contributed by atoms with Crippen LogP contribution in [0.4, 0.5) is 0 Å². The molecule has 3 rings (SSSR count). The molecule has 6 heteroatoms. The van der Waals surface area contributed by atoms with Crippen molar-refractivity contribution >= 4 is 40.5 Å². The van der Waals surface area contributed by atoms with Gasteiger partial charge in [0.25, 0.3) is 0 Å². The second-order valence-electron chi connectivity index (χ2n) is 6.61. The number of allylic oxidation sites excluding steroid dienone is 2. The Kier molecular flexibility index (Phi) is 4.39. The zero-order chi connectivity index (χ0) is 17.6. The SMILES string of the molecule is CC(=O)OOc1ccc2c(c1)CC1(C(C)C)C2=CC(=O)C(Cl)C1Cl. The molecule has 0 saturated heterocycles. The van der Waals surface area contributed by atoms with E-state index in [0.29, 0.717) is 12.2 Å². The summed E-state index contributed by atoms with van der Waals surface area (Å²) in [6.45, 7) is 5.44. The van der Waals surface area contributed by atoms with Gasteiger partial charge in [0, 0.05) is 12.3 Å². The number of ketones is 1. The fourth-order valence-electron chi connectivity index (χ4n) is 3.72. The highest BCUT2D eigenvalue weighted by Crippen LogP contribution is 2.58. The lowest BCUT2D eigenvalue weighted by Gasteiger charge is -2.43. The Morgan fingerprint density at radius 1 is 1.33 bits per heavy atom. The fourth-order valence-corrected chi connectivity index (χ4v) is 4.58. The maximum absolute atomic E-state index is 12.2. The van der Waals surface area contributed by atoms with Crippen molar-refractivity contribution in [2.75, 3.05) is 0 Å². The Balaban J connectivity index is 2.05. The van der Waals surface area contributed by atoms with Gasteiger partial charge in [0.1, 0.15) is 5.38 Å². The molecule has 0 heterocycles. The third-order valence-electron chi connectivity index (χ3n) is 4.94. The molecule has 0 aliphatic heterocycles. The predicted octanol–water partition coefficient (Wildman–Crippen LogP) is 3.92. The summed E-state index contributed by atoms with van der Waals surface area (Å²) >= 11 is 12.9. The van der Waals surface area contributed by atoms with Gasteiger partial charge in [-0.15, -0.1) is 23.2 Å². The van der Waals surface area contributed by atoms with Crippen LogP contribution in [-0.2, 0) is 20.9 Å². The Morgan fingerprint density at radius 2 is 2.04 bits per heavy atom. The third-order valence-corrected chi connectivity index (χ3v) is 6.18. The van der Waals surface area contributed by atoms with Crippen LogP contribution < -0.4 is 4.89 Å². The zero-order valence-electron chi connectivity index (χ0n) is 13.6. The molecule has 0 N–H and O–H groups in total. The molecule has 0 fully saturated rings. The number of hydrogen-bond donors (Lipinski definition) is 0. The largest absolute Gasteiger partial charge is 0.352 e. The first kappa shape index (κ1) is 17.3. The highest BCUT2D eigenvalue weighted by Gasteiger charge is 2.55. The maximum atomic E-state index is 12.2. The molecule has 24 heavy (non-hydrogen) atoms. The summed E-state index contributed by atoms with van der Waals surface area (Å²) < 4.78 is 0. The molecule has 0 amide bonds. The molecule has 4 nitrogen and oxygen atoms in total. The number of carbonyl (C=O) groups is 2. The van der Waals surface area contributed by atoms with Crippen LogP contribution in [0.2, 0.25) is 0 Å². The number of rotatable bonds is 3. The van der Waals surface area contributed by atoms with E-state index in [1.807, 2.05) is 12.1 Å². The molecule has 0 spiro atoms. The minimum atomic E-state index is -0.733. The molecule has 0 aromatic heterocycles. The second-order valence-corrected chi connectivity index (χ2v) is 7.55. The van der Waals surface area contributed by atoms with Crippen LogP contribution in [-0.4, -0.2) is 22.5 Å². The van der Waals surface area contributed by atoms with Crippen LogP contribution in [0.15, 0.2) is 24.3 Å². The average Bonchev–Trinajstić information content (AvgIpc) is 2.86. The fraction of sp³-hybridized carbons (Fsp3) is 0.444. The highest BCUT2D eigenvalue weighted by atomic mass is 35.5. The lowest BCUT2D eigenvalue weighted by atomic mass is 9.65. The maximum Gasteiger partial charge on any atom is 0.352 e. The van der Waals surface area contributed by atoms with Crippen molar-refractivity contribution in [3.63, 3.8) is 0 Å². The van der Waals surface area contributed by atoms with Crippen molar-refractivity contribution in [2.45, 2.75) is 37.9 Å². The predicted molar refractivity (Wildman–Crippen MR) is 92.1 cm³/mol. The zero-order valence-corrected chi connectivity index (χ0v) is 15.1. The average molecular weight is 369 g/mol. The Morgan fingerprint density at radius 3 is 2.67 bits per heavy atom. The van der Waals surface area contributed by atoms with E-state index in [-0.39, 0.29) is 11.7 Å². The van der Waals surface area contributed by atoms with Gasteiger partial charge in [0.2, 0.25) is 0 Å². The molecule has 1 aromatic rings. The third kappa shape index (κ3) is 2.52. The Labute approximate surface area is 150 Å². The van der Waals surface area contributed by atoms with Gasteiger partial charge < -0.3 is 0 Å². The van der Waals surface area contributed by atoms with Crippen LogP contribution in [0.5, 0.6) is 5.75 Å². The van der Waals surface area contributed by atoms with E-state index in [9.17, 15) is 9.59 Å². The molecule has 1 aromatic carbocycles. The normalized spacial score (nSPS) is 28.2. The van der Waals surface area contributed by atoms with Gasteiger partial charge in [0.05, 0.1) is 5.38 Å². The molecule has 2 aliphatic carbocycles. The summed E-state index contributed by atoms with van der Waals surface area (Å²) in [5, 5.41) is -1.22.